The monoisotopic (exact) mass is 243 g/mol. The quantitative estimate of drug-likeness (QED) is 0.839. The molecule has 0 aromatic carbocycles. The minimum Gasteiger partial charge on any atom is -0.504 e. The molecule has 0 spiro atoms. The Kier molecular flexibility index (Phi) is 4.83. The lowest BCUT2D eigenvalue weighted by Crippen LogP contribution is -2.27. The van der Waals surface area contributed by atoms with E-state index < -0.39 is 0 Å². The number of halogens is 1. The number of hydrogen-bond acceptors (Lipinski definition) is 4. The van der Waals surface area contributed by atoms with Crippen molar-refractivity contribution in [2.45, 2.75) is 6.42 Å². The zero-order chi connectivity index (χ0) is 10.7. The Bertz CT molecular complexity index is 329. The van der Waals surface area contributed by atoms with Crippen molar-refractivity contribution in [1.82, 2.24) is 10.3 Å². The molecule has 2 N–H and O–H groups in total. The Morgan fingerprint density at radius 2 is 2.44 bits per heavy atom. The highest BCUT2D eigenvalue weighted by molar-refractivity contribution is 5.85. The van der Waals surface area contributed by atoms with E-state index in [0.29, 0.717) is 11.7 Å². The molecule has 5 heteroatoms. The maximum Gasteiger partial charge on any atom is 0.170 e. The Hall–Kier alpha value is -1.00. The lowest BCUT2D eigenvalue weighted by molar-refractivity contribution is 0.469. The first-order valence-electron chi connectivity index (χ1n) is 5.33. The van der Waals surface area contributed by atoms with Crippen molar-refractivity contribution in [2.75, 3.05) is 31.6 Å². The molecule has 2 rings (SSSR count). The normalized spacial score (nSPS) is 19.2. The molecule has 2 heterocycles. The first kappa shape index (κ1) is 13.1. The first-order valence-corrected chi connectivity index (χ1v) is 5.33. The van der Waals surface area contributed by atoms with Gasteiger partial charge in [0.2, 0.25) is 0 Å². The molecule has 0 bridgehead atoms. The van der Waals surface area contributed by atoms with Crippen LogP contribution in [0.1, 0.15) is 6.42 Å². The van der Waals surface area contributed by atoms with Gasteiger partial charge in [0.1, 0.15) is 0 Å². The van der Waals surface area contributed by atoms with Crippen LogP contribution in [0, 0.1) is 5.92 Å². The molecule has 0 saturated carbocycles. The summed E-state index contributed by atoms with van der Waals surface area (Å²) in [5, 5.41) is 13.0. The zero-order valence-electron chi connectivity index (χ0n) is 9.39. The van der Waals surface area contributed by atoms with Gasteiger partial charge in [-0.05, 0) is 37.6 Å². The minimum absolute atomic E-state index is 0. The van der Waals surface area contributed by atoms with Gasteiger partial charge in [-0.25, -0.2) is 4.98 Å². The Labute approximate surface area is 102 Å². The van der Waals surface area contributed by atoms with Gasteiger partial charge in [-0.15, -0.1) is 12.4 Å². The molecule has 1 fully saturated rings. The van der Waals surface area contributed by atoms with E-state index in [-0.39, 0.29) is 18.2 Å². The third kappa shape index (κ3) is 3.00. The van der Waals surface area contributed by atoms with Crippen molar-refractivity contribution < 1.29 is 5.11 Å². The smallest absolute Gasteiger partial charge is 0.170 e. The number of anilines is 1. The van der Waals surface area contributed by atoms with Gasteiger partial charge >= 0.3 is 0 Å². The number of rotatable bonds is 3. The van der Waals surface area contributed by atoms with Crippen LogP contribution in [0.3, 0.4) is 0 Å². The second kappa shape index (κ2) is 5.92. The molecule has 1 unspecified atom stereocenters. The summed E-state index contributed by atoms with van der Waals surface area (Å²) in [6.07, 6.45) is 2.91. The summed E-state index contributed by atoms with van der Waals surface area (Å²) in [5.41, 5.74) is 0. The molecule has 1 aliphatic heterocycles. The van der Waals surface area contributed by atoms with Crippen molar-refractivity contribution in [1.29, 1.82) is 0 Å². The van der Waals surface area contributed by atoms with Gasteiger partial charge in [-0.1, -0.05) is 0 Å². The molecule has 1 saturated heterocycles. The van der Waals surface area contributed by atoms with Crippen molar-refractivity contribution in [3.05, 3.63) is 18.3 Å². The number of hydrogen-bond donors (Lipinski definition) is 2. The van der Waals surface area contributed by atoms with E-state index in [4.69, 9.17) is 0 Å². The van der Waals surface area contributed by atoms with E-state index in [1.165, 1.54) is 6.42 Å². The maximum absolute atomic E-state index is 9.64. The lowest BCUT2D eigenvalue weighted by Gasteiger charge is -2.22. The van der Waals surface area contributed by atoms with Crippen LogP contribution in [-0.4, -0.2) is 36.8 Å². The maximum atomic E-state index is 9.64. The van der Waals surface area contributed by atoms with Gasteiger partial charge < -0.3 is 15.3 Å². The number of nitrogens with one attached hydrogen (secondary N) is 1. The average molecular weight is 244 g/mol. The van der Waals surface area contributed by atoms with Crippen molar-refractivity contribution >= 4 is 18.2 Å². The van der Waals surface area contributed by atoms with E-state index >= 15 is 0 Å². The number of pyridine rings is 1. The molecular weight excluding hydrogens is 226 g/mol. The summed E-state index contributed by atoms with van der Waals surface area (Å²) in [5.74, 6) is 1.59. The summed E-state index contributed by atoms with van der Waals surface area (Å²) in [6.45, 7) is 3.11. The van der Waals surface area contributed by atoms with Crippen molar-refractivity contribution in [3.8, 4) is 5.75 Å². The number of nitrogens with zero attached hydrogens (tertiary/aromatic N) is 2. The van der Waals surface area contributed by atoms with E-state index in [1.807, 2.05) is 11.9 Å². The van der Waals surface area contributed by atoms with Crippen LogP contribution in [-0.2, 0) is 0 Å². The second-order valence-electron chi connectivity index (χ2n) is 4.09. The van der Waals surface area contributed by atoms with Crippen LogP contribution in [0.5, 0.6) is 5.75 Å². The molecule has 0 radical (unpaired) electrons. The molecule has 0 amide bonds. The highest BCUT2D eigenvalue weighted by Crippen LogP contribution is 2.23. The highest BCUT2D eigenvalue weighted by atomic mass is 35.5. The average Bonchev–Trinajstić information content (AvgIpc) is 2.71. The minimum atomic E-state index is 0. The molecule has 1 aromatic rings. The molecule has 16 heavy (non-hydrogen) atoms. The van der Waals surface area contributed by atoms with Crippen LogP contribution in [0.15, 0.2) is 18.3 Å². The Morgan fingerprint density at radius 1 is 1.62 bits per heavy atom. The highest BCUT2D eigenvalue weighted by Gasteiger charge is 2.18. The fourth-order valence-electron chi connectivity index (χ4n) is 2.03. The third-order valence-corrected chi connectivity index (χ3v) is 2.82. The fraction of sp³-hybridized carbons (Fsp3) is 0.545. The van der Waals surface area contributed by atoms with Crippen LogP contribution in [0.2, 0.25) is 0 Å². The summed E-state index contributed by atoms with van der Waals surface area (Å²) in [7, 11) is 1.97. The van der Waals surface area contributed by atoms with E-state index in [0.717, 1.165) is 19.6 Å². The Balaban J connectivity index is 0.00000128. The van der Waals surface area contributed by atoms with E-state index in [9.17, 15) is 5.11 Å². The zero-order valence-corrected chi connectivity index (χ0v) is 10.2. The van der Waals surface area contributed by atoms with Crippen LogP contribution in [0.4, 0.5) is 5.82 Å². The predicted octanol–water partition coefficient (Wildman–Crippen LogP) is 1.25. The van der Waals surface area contributed by atoms with Crippen LogP contribution in [0.25, 0.3) is 0 Å². The second-order valence-corrected chi connectivity index (χ2v) is 4.09. The SMILES string of the molecule is CN(CC1CCNC1)c1ncccc1O.Cl. The van der Waals surface area contributed by atoms with E-state index in [2.05, 4.69) is 10.3 Å². The Morgan fingerprint density at radius 3 is 3.06 bits per heavy atom. The van der Waals surface area contributed by atoms with Crippen LogP contribution >= 0.6 is 12.4 Å². The summed E-state index contributed by atoms with van der Waals surface area (Å²) in [6, 6.07) is 3.41. The van der Waals surface area contributed by atoms with Gasteiger partial charge in [0.15, 0.2) is 11.6 Å². The van der Waals surface area contributed by atoms with Gasteiger partial charge in [-0.2, -0.15) is 0 Å². The standard InChI is InChI=1S/C11H17N3O.ClH/c1-14(8-9-4-6-12-7-9)11-10(15)3-2-5-13-11;/h2-3,5,9,12,15H,4,6-8H2,1H3;1H. The van der Waals surface area contributed by atoms with Crippen molar-refractivity contribution in [3.63, 3.8) is 0 Å². The van der Waals surface area contributed by atoms with Gasteiger partial charge in [0.25, 0.3) is 0 Å². The van der Waals surface area contributed by atoms with Crippen molar-refractivity contribution in [2.24, 2.45) is 5.92 Å². The van der Waals surface area contributed by atoms with Crippen LogP contribution < -0.4 is 10.2 Å². The van der Waals surface area contributed by atoms with Gasteiger partial charge in [0.05, 0.1) is 0 Å². The summed E-state index contributed by atoms with van der Waals surface area (Å²) < 4.78 is 0. The fourth-order valence-corrected chi connectivity index (χ4v) is 2.03. The summed E-state index contributed by atoms with van der Waals surface area (Å²) >= 11 is 0. The molecule has 1 aromatic heterocycles. The molecule has 90 valence electrons. The number of aromatic hydroxyl groups is 1. The predicted molar refractivity (Wildman–Crippen MR) is 67.4 cm³/mol. The molecule has 0 aliphatic carbocycles. The van der Waals surface area contributed by atoms with Gasteiger partial charge in [0, 0.05) is 19.8 Å². The first-order chi connectivity index (χ1) is 7.27. The summed E-state index contributed by atoms with van der Waals surface area (Å²) in [4.78, 5) is 6.20. The topological polar surface area (TPSA) is 48.4 Å². The lowest BCUT2D eigenvalue weighted by atomic mass is 10.1. The largest absolute Gasteiger partial charge is 0.504 e. The van der Waals surface area contributed by atoms with E-state index in [1.54, 1.807) is 18.3 Å². The van der Waals surface area contributed by atoms with Gasteiger partial charge in [-0.3, -0.25) is 0 Å². The molecular formula is C11H18ClN3O. The number of aromatic nitrogens is 1. The molecule has 1 aliphatic rings. The molecule has 1 atom stereocenters. The molecule has 4 nitrogen and oxygen atoms in total. The third-order valence-electron chi connectivity index (χ3n) is 2.82.